The lowest BCUT2D eigenvalue weighted by Crippen LogP contribution is -2.04. The van der Waals surface area contributed by atoms with Crippen molar-refractivity contribution in [1.82, 2.24) is 0 Å². The molecular weight excluding hydrogens is 170 g/mol. The van der Waals surface area contributed by atoms with Crippen LogP contribution in [0.2, 0.25) is 0 Å². The maximum Gasteiger partial charge on any atom is 0.0490 e. The molecule has 68 valence electrons. The summed E-state index contributed by atoms with van der Waals surface area (Å²) in [6.45, 7) is 0. The fourth-order valence-electron chi connectivity index (χ4n) is 2.02. The van der Waals surface area contributed by atoms with Crippen LogP contribution < -0.4 is 5.73 Å². The second-order valence-electron chi connectivity index (χ2n) is 3.71. The van der Waals surface area contributed by atoms with Gasteiger partial charge in [0, 0.05) is 6.04 Å². The van der Waals surface area contributed by atoms with Crippen LogP contribution in [0.25, 0.3) is 16.8 Å². The lowest BCUT2D eigenvalue weighted by atomic mass is 10.0. The van der Waals surface area contributed by atoms with E-state index >= 15 is 0 Å². The quantitative estimate of drug-likeness (QED) is 0.664. The second-order valence-corrected chi connectivity index (χ2v) is 3.71. The normalized spacial score (nSPS) is 18.8. The molecule has 0 amide bonds. The van der Waals surface area contributed by atoms with Crippen molar-refractivity contribution in [3.8, 4) is 0 Å². The van der Waals surface area contributed by atoms with Crippen LogP contribution in [0.1, 0.15) is 17.2 Å². The van der Waals surface area contributed by atoms with Crippen molar-refractivity contribution in [2.75, 3.05) is 0 Å². The van der Waals surface area contributed by atoms with Gasteiger partial charge in [-0.25, -0.2) is 0 Å². The van der Waals surface area contributed by atoms with E-state index in [1.165, 1.54) is 21.9 Å². The summed E-state index contributed by atoms with van der Waals surface area (Å²) in [5.41, 5.74) is 8.45. The van der Waals surface area contributed by atoms with Gasteiger partial charge in [0.2, 0.25) is 0 Å². The lowest BCUT2D eigenvalue weighted by molar-refractivity contribution is 0.933. The van der Waals surface area contributed by atoms with Crippen LogP contribution in [0.5, 0.6) is 0 Å². The Morgan fingerprint density at radius 1 is 1.00 bits per heavy atom. The highest BCUT2D eigenvalue weighted by atomic mass is 14.6. The van der Waals surface area contributed by atoms with Crippen LogP contribution in [0.4, 0.5) is 0 Å². The van der Waals surface area contributed by atoms with Crippen molar-refractivity contribution in [2.24, 2.45) is 5.73 Å². The maximum atomic E-state index is 5.95. The molecule has 0 spiro atoms. The molecule has 1 unspecified atom stereocenters. The first-order chi connectivity index (χ1) is 6.84. The monoisotopic (exact) mass is 181 g/mol. The highest BCUT2D eigenvalue weighted by Gasteiger charge is 2.13. The summed E-state index contributed by atoms with van der Waals surface area (Å²) in [6.07, 6.45) is 4.15. The van der Waals surface area contributed by atoms with Gasteiger partial charge in [-0.3, -0.25) is 0 Å². The average Bonchev–Trinajstić information content (AvgIpc) is 2.57. The minimum absolute atomic E-state index is 0.0783. The SMILES string of the molecule is NC1C=Cc2cc3ccccc3cc21. The molecule has 0 radical (unpaired) electrons. The third kappa shape index (κ3) is 0.994. The van der Waals surface area contributed by atoms with Crippen molar-refractivity contribution in [3.05, 3.63) is 53.6 Å². The summed E-state index contributed by atoms with van der Waals surface area (Å²) in [6, 6.07) is 12.8. The van der Waals surface area contributed by atoms with Crippen LogP contribution in [0.3, 0.4) is 0 Å². The number of fused-ring (bicyclic) bond motifs is 2. The molecule has 2 aromatic carbocycles. The first kappa shape index (κ1) is 7.77. The third-order valence-electron chi connectivity index (χ3n) is 2.79. The summed E-state index contributed by atoms with van der Waals surface area (Å²) in [4.78, 5) is 0. The van der Waals surface area contributed by atoms with Crippen LogP contribution >= 0.6 is 0 Å². The fraction of sp³-hybridized carbons (Fsp3) is 0.0769. The average molecular weight is 181 g/mol. The van der Waals surface area contributed by atoms with E-state index in [9.17, 15) is 0 Å². The molecule has 2 aromatic rings. The largest absolute Gasteiger partial charge is 0.321 e. The maximum absolute atomic E-state index is 5.95. The summed E-state index contributed by atoms with van der Waals surface area (Å²) in [5.74, 6) is 0. The molecule has 1 nitrogen and oxygen atoms in total. The molecule has 1 heteroatoms. The predicted octanol–water partition coefficient (Wildman–Crippen LogP) is 2.87. The van der Waals surface area contributed by atoms with Gasteiger partial charge in [0.05, 0.1) is 0 Å². The molecule has 2 N–H and O–H groups in total. The first-order valence-electron chi connectivity index (χ1n) is 4.81. The van der Waals surface area contributed by atoms with Gasteiger partial charge in [-0.15, -0.1) is 0 Å². The van der Waals surface area contributed by atoms with Crippen molar-refractivity contribution >= 4 is 16.8 Å². The smallest absolute Gasteiger partial charge is 0.0490 e. The Bertz CT molecular complexity index is 526. The summed E-state index contributed by atoms with van der Waals surface area (Å²) >= 11 is 0. The lowest BCUT2D eigenvalue weighted by Gasteiger charge is -2.06. The molecule has 1 atom stereocenters. The van der Waals surface area contributed by atoms with Crippen LogP contribution in [-0.2, 0) is 0 Å². The Morgan fingerprint density at radius 2 is 1.71 bits per heavy atom. The number of hydrogen-bond donors (Lipinski definition) is 1. The van der Waals surface area contributed by atoms with E-state index in [2.05, 4.69) is 42.5 Å². The molecule has 0 saturated carbocycles. The molecule has 0 aliphatic heterocycles. The minimum atomic E-state index is 0.0783. The van der Waals surface area contributed by atoms with Crippen molar-refractivity contribution in [3.63, 3.8) is 0 Å². The van der Waals surface area contributed by atoms with E-state index in [1.807, 2.05) is 6.08 Å². The van der Waals surface area contributed by atoms with E-state index in [1.54, 1.807) is 0 Å². The first-order valence-corrected chi connectivity index (χ1v) is 4.81. The zero-order chi connectivity index (χ0) is 9.54. The third-order valence-corrected chi connectivity index (χ3v) is 2.79. The molecule has 1 aliphatic carbocycles. The zero-order valence-corrected chi connectivity index (χ0v) is 7.77. The van der Waals surface area contributed by atoms with Gasteiger partial charge < -0.3 is 5.73 Å². The van der Waals surface area contributed by atoms with Crippen molar-refractivity contribution < 1.29 is 0 Å². The highest BCUT2D eigenvalue weighted by molar-refractivity contribution is 5.87. The van der Waals surface area contributed by atoms with E-state index in [0.717, 1.165) is 0 Å². The van der Waals surface area contributed by atoms with Crippen LogP contribution in [-0.4, -0.2) is 0 Å². The Labute approximate surface area is 82.9 Å². The Hall–Kier alpha value is -1.60. The van der Waals surface area contributed by atoms with Crippen LogP contribution in [0, 0.1) is 0 Å². The van der Waals surface area contributed by atoms with Gasteiger partial charge in [-0.2, -0.15) is 0 Å². The summed E-state index contributed by atoms with van der Waals surface area (Å²) in [7, 11) is 0. The van der Waals surface area contributed by atoms with E-state index in [0.29, 0.717) is 0 Å². The van der Waals surface area contributed by atoms with Gasteiger partial charge in [0.1, 0.15) is 0 Å². The molecule has 3 rings (SSSR count). The number of hydrogen-bond acceptors (Lipinski definition) is 1. The van der Waals surface area contributed by atoms with Gasteiger partial charge in [-0.05, 0) is 34.0 Å². The molecular formula is C13H11N. The molecule has 0 aromatic heterocycles. The van der Waals surface area contributed by atoms with Gasteiger partial charge in [-0.1, -0.05) is 36.4 Å². The minimum Gasteiger partial charge on any atom is -0.321 e. The Kier molecular flexibility index (Phi) is 1.49. The summed E-state index contributed by atoms with van der Waals surface area (Å²) < 4.78 is 0. The van der Waals surface area contributed by atoms with Gasteiger partial charge in [0.25, 0.3) is 0 Å². The summed E-state index contributed by atoms with van der Waals surface area (Å²) in [5, 5.41) is 2.55. The van der Waals surface area contributed by atoms with Crippen molar-refractivity contribution in [2.45, 2.75) is 6.04 Å². The Balaban J connectivity index is 2.36. The topological polar surface area (TPSA) is 26.0 Å². The molecule has 1 aliphatic rings. The Morgan fingerprint density at radius 3 is 2.50 bits per heavy atom. The van der Waals surface area contributed by atoms with Crippen LogP contribution in [0.15, 0.2) is 42.5 Å². The molecule has 14 heavy (non-hydrogen) atoms. The fourth-order valence-corrected chi connectivity index (χ4v) is 2.02. The van der Waals surface area contributed by atoms with E-state index < -0.39 is 0 Å². The van der Waals surface area contributed by atoms with E-state index in [4.69, 9.17) is 5.73 Å². The number of benzene rings is 2. The molecule has 0 saturated heterocycles. The second kappa shape index (κ2) is 2.69. The predicted molar refractivity (Wildman–Crippen MR) is 59.9 cm³/mol. The zero-order valence-electron chi connectivity index (χ0n) is 7.77. The number of nitrogens with two attached hydrogens (primary N) is 1. The molecule has 0 heterocycles. The van der Waals surface area contributed by atoms with E-state index in [-0.39, 0.29) is 6.04 Å². The standard InChI is InChI=1S/C13H11N/c14-13-6-5-11-7-9-3-1-2-4-10(9)8-12(11)13/h1-8,13H,14H2. The van der Waals surface area contributed by atoms with Gasteiger partial charge >= 0.3 is 0 Å². The molecule has 0 fully saturated rings. The molecule has 0 bridgehead atoms. The van der Waals surface area contributed by atoms with Crippen molar-refractivity contribution in [1.29, 1.82) is 0 Å². The highest BCUT2D eigenvalue weighted by Crippen LogP contribution is 2.30. The van der Waals surface area contributed by atoms with Gasteiger partial charge in [0.15, 0.2) is 0 Å². The number of rotatable bonds is 0.